The molecule has 2 amide bonds. The highest BCUT2D eigenvalue weighted by molar-refractivity contribution is 6.30. The van der Waals surface area contributed by atoms with Gasteiger partial charge in [-0.05, 0) is 12.1 Å². The van der Waals surface area contributed by atoms with Gasteiger partial charge in [0.2, 0.25) is 11.8 Å². The summed E-state index contributed by atoms with van der Waals surface area (Å²) in [5.74, 6) is -0.453. The van der Waals surface area contributed by atoms with Crippen LogP contribution in [0.4, 0.5) is 5.82 Å². The molecule has 0 aliphatic carbocycles. The summed E-state index contributed by atoms with van der Waals surface area (Å²) in [6, 6.07) is 3.09. The largest absolute Gasteiger partial charge is 0.346 e. The molecule has 0 aliphatic heterocycles. The molecule has 0 unspecified atom stereocenters. The van der Waals surface area contributed by atoms with Crippen molar-refractivity contribution in [2.45, 2.75) is 0 Å². The number of nitrogens with one attached hydrogen (secondary N) is 2. The first-order valence-electron chi connectivity index (χ1n) is 4.50. The number of aromatic nitrogens is 1. The molecule has 86 valence electrons. The summed E-state index contributed by atoms with van der Waals surface area (Å²) in [4.78, 5) is 25.9. The van der Waals surface area contributed by atoms with Gasteiger partial charge in [0.05, 0.1) is 13.1 Å². The number of pyridine rings is 1. The molecule has 1 aromatic heterocycles. The molecule has 0 fully saturated rings. The van der Waals surface area contributed by atoms with Crippen molar-refractivity contribution in [3.63, 3.8) is 0 Å². The minimum atomic E-state index is -0.394. The first kappa shape index (κ1) is 12.4. The van der Waals surface area contributed by atoms with Gasteiger partial charge in [-0.25, -0.2) is 4.98 Å². The lowest BCUT2D eigenvalue weighted by atomic mass is 10.4. The van der Waals surface area contributed by atoms with Gasteiger partial charge in [-0.1, -0.05) is 11.6 Å². The average molecular weight is 243 g/mol. The molecule has 0 saturated carbocycles. The number of carbonyl (C=O) groups excluding carboxylic acids is 2. The fourth-order valence-electron chi connectivity index (χ4n) is 0.911. The van der Waals surface area contributed by atoms with E-state index in [9.17, 15) is 9.59 Å². The topological polar surface area (TPSA) is 97.1 Å². The van der Waals surface area contributed by atoms with Crippen LogP contribution >= 0.6 is 11.6 Å². The van der Waals surface area contributed by atoms with Gasteiger partial charge in [0.15, 0.2) is 0 Å². The van der Waals surface area contributed by atoms with Crippen molar-refractivity contribution < 1.29 is 9.59 Å². The average Bonchev–Trinajstić information content (AvgIpc) is 2.26. The number of hydrogen-bond donors (Lipinski definition) is 3. The molecule has 0 spiro atoms. The fourth-order valence-corrected chi connectivity index (χ4v) is 1.07. The van der Waals surface area contributed by atoms with Gasteiger partial charge >= 0.3 is 0 Å². The molecule has 0 saturated heterocycles. The van der Waals surface area contributed by atoms with Crippen molar-refractivity contribution in [2.24, 2.45) is 5.73 Å². The predicted octanol–water partition coefficient (Wildman–Crippen LogP) is -0.252. The Bertz CT molecular complexity index is 397. The molecule has 0 aromatic carbocycles. The number of nitrogens with zero attached hydrogens (tertiary/aromatic N) is 1. The normalized spacial score (nSPS) is 9.62. The Balaban J connectivity index is 2.43. The maximum absolute atomic E-state index is 11.3. The van der Waals surface area contributed by atoms with Gasteiger partial charge in [-0.3, -0.25) is 9.59 Å². The van der Waals surface area contributed by atoms with E-state index in [0.29, 0.717) is 10.8 Å². The second-order valence-electron chi connectivity index (χ2n) is 2.89. The molecular formula is C9H11ClN4O2. The maximum Gasteiger partial charge on any atom is 0.244 e. The number of anilines is 1. The van der Waals surface area contributed by atoms with Gasteiger partial charge in [-0.15, -0.1) is 0 Å². The van der Waals surface area contributed by atoms with Gasteiger partial charge in [0.1, 0.15) is 5.82 Å². The summed E-state index contributed by atoms with van der Waals surface area (Å²) in [5, 5.41) is 5.27. The number of carbonyl (C=O) groups is 2. The zero-order valence-electron chi connectivity index (χ0n) is 8.37. The second-order valence-corrected chi connectivity index (χ2v) is 3.32. The Morgan fingerprint density at radius 3 is 2.81 bits per heavy atom. The molecule has 6 nitrogen and oxygen atoms in total. The lowest BCUT2D eigenvalue weighted by Gasteiger charge is -2.05. The van der Waals surface area contributed by atoms with Crippen molar-refractivity contribution in [1.29, 1.82) is 0 Å². The minimum absolute atomic E-state index is 0.149. The Morgan fingerprint density at radius 1 is 1.44 bits per heavy atom. The smallest absolute Gasteiger partial charge is 0.244 e. The number of rotatable bonds is 4. The first-order valence-corrected chi connectivity index (χ1v) is 4.88. The van der Waals surface area contributed by atoms with Crippen LogP contribution in [0.3, 0.4) is 0 Å². The predicted molar refractivity (Wildman–Crippen MR) is 59.9 cm³/mol. The quantitative estimate of drug-likeness (QED) is 0.678. The SMILES string of the molecule is NCC(=O)NCC(=O)Nc1cc(Cl)ccn1. The lowest BCUT2D eigenvalue weighted by Crippen LogP contribution is -2.36. The van der Waals surface area contributed by atoms with Crippen LogP contribution in [0.25, 0.3) is 0 Å². The third kappa shape index (κ3) is 4.24. The highest BCUT2D eigenvalue weighted by atomic mass is 35.5. The molecule has 1 heterocycles. The third-order valence-electron chi connectivity index (χ3n) is 1.62. The molecular weight excluding hydrogens is 232 g/mol. The van der Waals surface area contributed by atoms with Gasteiger partial charge < -0.3 is 16.4 Å². The van der Waals surface area contributed by atoms with Gasteiger partial charge in [-0.2, -0.15) is 0 Å². The molecule has 0 atom stereocenters. The zero-order chi connectivity index (χ0) is 12.0. The molecule has 4 N–H and O–H groups in total. The van der Waals surface area contributed by atoms with E-state index >= 15 is 0 Å². The van der Waals surface area contributed by atoms with Crippen molar-refractivity contribution in [3.8, 4) is 0 Å². The Morgan fingerprint density at radius 2 is 2.19 bits per heavy atom. The van der Waals surface area contributed by atoms with Crippen LogP contribution in [0.1, 0.15) is 0 Å². The zero-order valence-corrected chi connectivity index (χ0v) is 9.12. The number of hydrogen-bond acceptors (Lipinski definition) is 4. The summed E-state index contributed by atoms with van der Waals surface area (Å²) < 4.78 is 0. The lowest BCUT2D eigenvalue weighted by molar-refractivity contribution is -0.123. The molecule has 16 heavy (non-hydrogen) atoms. The van der Waals surface area contributed by atoms with Crippen molar-refractivity contribution in [1.82, 2.24) is 10.3 Å². The Kier molecular flexibility index (Phi) is 4.68. The number of halogens is 1. The monoisotopic (exact) mass is 242 g/mol. The minimum Gasteiger partial charge on any atom is -0.346 e. The highest BCUT2D eigenvalue weighted by Gasteiger charge is 2.05. The molecule has 0 radical (unpaired) electrons. The highest BCUT2D eigenvalue weighted by Crippen LogP contribution is 2.11. The van der Waals surface area contributed by atoms with Crippen LogP contribution in [0, 0.1) is 0 Å². The molecule has 7 heteroatoms. The van der Waals surface area contributed by atoms with E-state index < -0.39 is 11.8 Å². The summed E-state index contributed by atoms with van der Waals surface area (Å²) in [5.41, 5.74) is 5.06. The van der Waals surface area contributed by atoms with Gasteiger partial charge in [0, 0.05) is 11.2 Å². The van der Waals surface area contributed by atoms with Crippen LogP contribution in [0.15, 0.2) is 18.3 Å². The molecule has 0 bridgehead atoms. The fraction of sp³-hybridized carbons (Fsp3) is 0.222. The summed E-state index contributed by atoms with van der Waals surface area (Å²) >= 11 is 5.70. The van der Waals surface area contributed by atoms with Crippen LogP contribution in [0.5, 0.6) is 0 Å². The molecule has 1 aromatic rings. The standard InChI is InChI=1S/C9H11ClN4O2/c10-6-1-2-12-7(3-6)14-9(16)5-13-8(15)4-11/h1-3H,4-5,11H2,(H,13,15)(H,12,14,16). The molecule has 1 rings (SSSR count). The maximum atomic E-state index is 11.3. The Hall–Kier alpha value is -1.66. The van der Waals surface area contributed by atoms with Crippen LogP contribution in [0.2, 0.25) is 5.02 Å². The van der Waals surface area contributed by atoms with Crippen LogP contribution in [-0.2, 0) is 9.59 Å². The van der Waals surface area contributed by atoms with E-state index in [1.807, 2.05) is 0 Å². The van der Waals surface area contributed by atoms with Crippen LogP contribution < -0.4 is 16.4 Å². The summed E-state index contributed by atoms with van der Waals surface area (Å²) in [6.07, 6.45) is 1.47. The van der Waals surface area contributed by atoms with E-state index in [1.165, 1.54) is 12.3 Å². The van der Waals surface area contributed by atoms with Crippen molar-refractivity contribution >= 4 is 29.2 Å². The summed E-state index contributed by atoms with van der Waals surface area (Å²) in [6.45, 7) is -0.299. The number of nitrogens with two attached hydrogens (primary N) is 1. The first-order chi connectivity index (χ1) is 7.61. The molecule has 0 aliphatic rings. The van der Waals surface area contributed by atoms with E-state index in [-0.39, 0.29) is 13.1 Å². The van der Waals surface area contributed by atoms with E-state index in [1.54, 1.807) is 6.07 Å². The Labute approximate surface area is 97.2 Å². The van der Waals surface area contributed by atoms with E-state index in [2.05, 4.69) is 15.6 Å². The van der Waals surface area contributed by atoms with Gasteiger partial charge in [0.25, 0.3) is 0 Å². The van der Waals surface area contributed by atoms with Crippen molar-refractivity contribution in [3.05, 3.63) is 23.4 Å². The third-order valence-corrected chi connectivity index (χ3v) is 1.86. The van der Waals surface area contributed by atoms with Crippen LogP contribution in [-0.4, -0.2) is 29.9 Å². The number of amides is 2. The van der Waals surface area contributed by atoms with Crippen molar-refractivity contribution in [2.75, 3.05) is 18.4 Å². The van der Waals surface area contributed by atoms with E-state index in [0.717, 1.165) is 0 Å². The van der Waals surface area contributed by atoms with E-state index in [4.69, 9.17) is 17.3 Å². The summed E-state index contributed by atoms with van der Waals surface area (Å²) in [7, 11) is 0. The second kappa shape index (κ2) is 6.04.